The van der Waals surface area contributed by atoms with Crippen molar-refractivity contribution in [2.24, 2.45) is 0 Å². The van der Waals surface area contributed by atoms with Crippen LogP contribution in [0.3, 0.4) is 0 Å². The van der Waals surface area contributed by atoms with E-state index in [0.29, 0.717) is 12.1 Å². The third-order valence-electron chi connectivity index (χ3n) is 6.79. The molecule has 38 heavy (non-hydrogen) atoms. The molecule has 8 nitrogen and oxygen atoms in total. The molecule has 1 aromatic heterocycles. The fraction of sp³-hybridized carbons (Fsp3) is 0.414. The first-order valence-corrected chi connectivity index (χ1v) is 14.0. The molecule has 0 spiro atoms. The monoisotopic (exact) mass is 534 g/mol. The summed E-state index contributed by atoms with van der Waals surface area (Å²) in [5.41, 5.74) is 5.18. The summed E-state index contributed by atoms with van der Waals surface area (Å²) in [6.45, 7) is 9.30. The predicted octanol–water partition coefficient (Wildman–Crippen LogP) is 4.01. The van der Waals surface area contributed by atoms with Crippen molar-refractivity contribution in [3.63, 3.8) is 0 Å². The zero-order chi connectivity index (χ0) is 27.1. The van der Waals surface area contributed by atoms with Crippen LogP contribution in [0.2, 0.25) is 0 Å². The van der Waals surface area contributed by atoms with Crippen LogP contribution in [-0.2, 0) is 5.75 Å². The number of nitrogens with zero attached hydrogens (tertiary/aromatic N) is 5. The Kier molecular flexibility index (Phi) is 9.47. The van der Waals surface area contributed by atoms with Crippen LogP contribution in [-0.4, -0.2) is 81.2 Å². The van der Waals surface area contributed by atoms with Gasteiger partial charge in [0.05, 0.1) is 7.11 Å². The maximum absolute atomic E-state index is 12.3. The highest BCUT2D eigenvalue weighted by atomic mass is 32.2. The molecule has 1 N–H and O–H groups in total. The molecular weight excluding hydrogens is 496 g/mol. The first kappa shape index (κ1) is 27.7. The topological polar surface area (TPSA) is 73.8 Å². The number of carbonyl (C=O) groups is 1. The molecule has 3 aromatic rings. The van der Waals surface area contributed by atoms with E-state index in [1.165, 1.54) is 5.69 Å². The highest BCUT2D eigenvalue weighted by Gasteiger charge is 2.21. The molecular formula is C29H38N6O2S. The van der Waals surface area contributed by atoms with Gasteiger partial charge in [-0.05, 0) is 69.9 Å². The molecule has 0 radical (unpaired) electrons. The first-order chi connectivity index (χ1) is 18.3. The summed E-state index contributed by atoms with van der Waals surface area (Å²) in [5, 5.41) is 3.74. The normalized spacial score (nSPS) is 13.6. The molecule has 1 amide bonds. The van der Waals surface area contributed by atoms with Gasteiger partial charge in [0.15, 0.2) is 5.16 Å². The summed E-state index contributed by atoms with van der Waals surface area (Å²) in [7, 11) is 5.67. The zero-order valence-corrected chi connectivity index (χ0v) is 23.8. The molecule has 0 atom stereocenters. The number of likely N-dealkylation sites (N-methyl/N-ethyl adjacent to an activating group) is 1. The molecule has 0 aliphatic carbocycles. The third kappa shape index (κ3) is 7.17. The number of methoxy groups -OCH3 is 1. The number of hydrogen-bond donors (Lipinski definition) is 1. The molecule has 2 heterocycles. The van der Waals surface area contributed by atoms with E-state index >= 15 is 0 Å². The van der Waals surface area contributed by atoms with E-state index in [0.717, 1.165) is 72.0 Å². The van der Waals surface area contributed by atoms with Gasteiger partial charge in [0, 0.05) is 67.5 Å². The molecule has 2 aromatic carbocycles. The number of aromatic nitrogens is 2. The van der Waals surface area contributed by atoms with Gasteiger partial charge in [-0.3, -0.25) is 4.79 Å². The molecule has 1 fully saturated rings. The second-order valence-corrected chi connectivity index (χ2v) is 10.7. The zero-order valence-electron chi connectivity index (χ0n) is 23.0. The number of amides is 1. The highest BCUT2D eigenvalue weighted by molar-refractivity contribution is 7.98. The largest absolute Gasteiger partial charge is 0.497 e. The van der Waals surface area contributed by atoms with Gasteiger partial charge >= 0.3 is 0 Å². The van der Waals surface area contributed by atoms with Gasteiger partial charge in [0.1, 0.15) is 11.6 Å². The Balaban J connectivity index is 1.34. The molecule has 0 saturated carbocycles. The number of hydrogen-bond acceptors (Lipinski definition) is 8. The van der Waals surface area contributed by atoms with Gasteiger partial charge in [-0.1, -0.05) is 23.9 Å². The average molecular weight is 535 g/mol. The van der Waals surface area contributed by atoms with E-state index in [-0.39, 0.29) is 5.91 Å². The number of aryl methyl sites for hydroxylation is 1. The lowest BCUT2D eigenvalue weighted by molar-refractivity contribution is 0.0951. The van der Waals surface area contributed by atoms with E-state index in [9.17, 15) is 4.79 Å². The van der Waals surface area contributed by atoms with Crippen LogP contribution >= 0.6 is 11.8 Å². The van der Waals surface area contributed by atoms with E-state index in [1.54, 1.807) is 18.9 Å². The Hall–Kier alpha value is -3.30. The minimum absolute atomic E-state index is 0.0414. The SMILES string of the molecule is COc1ccc(N2CCN(c3nc(SCc4ccc(C(=O)NCCN(C)C)cc4)nc(C)c3C)CC2)cc1. The van der Waals surface area contributed by atoms with Gasteiger partial charge in [0.25, 0.3) is 5.91 Å². The summed E-state index contributed by atoms with van der Waals surface area (Å²) in [5.74, 6) is 2.61. The van der Waals surface area contributed by atoms with Gasteiger partial charge in [0.2, 0.25) is 0 Å². The van der Waals surface area contributed by atoms with Gasteiger partial charge in [-0.2, -0.15) is 0 Å². The Bertz CT molecular complexity index is 1210. The van der Waals surface area contributed by atoms with Crippen LogP contribution in [0.1, 0.15) is 27.2 Å². The fourth-order valence-electron chi connectivity index (χ4n) is 4.33. The molecule has 1 saturated heterocycles. The number of piperazine rings is 1. The van der Waals surface area contributed by atoms with Crippen LogP contribution in [0.25, 0.3) is 0 Å². The quantitative estimate of drug-likeness (QED) is 0.309. The van der Waals surface area contributed by atoms with Crippen molar-refractivity contribution in [1.82, 2.24) is 20.2 Å². The second kappa shape index (κ2) is 13.0. The number of ether oxygens (including phenoxy) is 1. The maximum atomic E-state index is 12.3. The molecule has 0 unspecified atom stereocenters. The highest BCUT2D eigenvalue weighted by Crippen LogP contribution is 2.28. The van der Waals surface area contributed by atoms with Crippen LogP contribution < -0.4 is 19.9 Å². The van der Waals surface area contributed by atoms with Gasteiger partial charge < -0.3 is 24.8 Å². The summed E-state index contributed by atoms with van der Waals surface area (Å²) < 4.78 is 5.29. The van der Waals surface area contributed by atoms with Crippen molar-refractivity contribution < 1.29 is 9.53 Å². The number of anilines is 2. The first-order valence-electron chi connectivity index (χ1n) is 13.0. The Labute approximate surface area is 230 Å². The van der Waals surface area contributed by atoms with Crippen molar-refractivity contribution in [2.45, 2.75) is 24.8 Å². The molecule has 1 aliphatic heterocycles. The van der Waals surface area contributed by atoms with E-state index in [4.69, 9.17) is 14.7 Å². The molecule has 1 aliphatic rings. The Morgan fingerprint density at radius 3 is 2.26 bits per heavy atom. The number of benzene rings is 2. The Morgan fingerprint density at radius 2 is 1.63 bits per heavy atom. The third-order valence-corrected chi connectivity index (χ3v) is 7.71. The van der Waals surface area contributed by atoms with Crippen LogP contribution in [0.15, 0.2) is 53.7 Å². The average Bonchev–Trinajstić information content (AvgIpc) is 2.94. The van der Waals surface area contributed by atoms with Crippen LogP contribution in [0, 0.1) is 13.8 Å². The number of thioether (sulfide) groups is 1. The lowest BCUT2D eigenvalue weighted by atomic mass is 10.1. The minimum Gasteiger partial charge on any atom is -0.497 e. The number of carbonyl (C=O) groups excluding carboxylic acids is 1. The van der Waals surface area contributed by atoms with Gasteiger partial charge in [-0.15, -0.1) is 0 Å². The lowest BCUT2D eigenvalue weighted by Gasteiger charge is -2.37. The number of nitrogens with one attached hydrogen (secondary N) is 1. The van der Waals surface area contributed by atoms with E-state index in [1.807, 2.05) is 55.4 Å². The summed E-state index contributed by atoms with van der Waals surface area (Å²) in [6, 6.07) is 16.0. The summed E-state index contributed by atoms with van der Waals surface area (Å²) >= 11 is 1.63. The van der Waals surface area contributed by atoms with Crippen molar-refractivity contribution in [3.05, 3.63) is 70.9 Å². The van der Waals surface area contributed by atoms with E-state index in [2.05, 4.69) is 41.1 Å². The predicted molar refractivity (Wildman–Crippen MR) is 156 cm³/mol. The lowest BCUT2D eigenvalue weighted by Crippen LogP contribution is -2.47. The molecule has 0 bridgehead atoms. The van der Waals surface area contributed by atoms with Crippen LogP contribution in [0.5, 0.6) is 5.75 Å². The second-order valence-electron chi connectivity index (χ2n) is 9.76. The molecule has 4 rings (SSSR count). The van der Waals surface area contributed by atoms with E-state index < -0.39 is 0 Å². The Morgan fingerprint density at radius 1 is 0.974 bits per heavy atom. The molecule has 202 valence electrons. The summed E-state index contributed by atoms with van der Waals surface area (Å²) in [4.78, 5) is 28.9. The van der Waals surface area contributed by atoms with Crippen LogP contribution in [0.4, 0.5) is 11.5 Å². The summed E-state index contributed by atoms with van der Waals surface area (Å²) in [6.07, 6.45) is 0. The van der Waals surface area contributed by atoms with Crippen molar-refractivity contribution in [1.29, 1.82) is 0 Å². The van der Waals surface area contributed by atoms with Crippen molar-refractivity contribution in [3.8, 4) is 5.75 Å². The standard InChI is InChI=1S/C29H38N6O2S/c1-21-22(2)31-29(38-20-23-6-8-24(9-7-23)28(36)30-14-15-33(3)4)32-27(21)35-18-16-34(17-19-35)25-10-12-26(37-5)13-11-25/h6-13H,14-20H2,1-5H3,(H,30,36). The smallest absolute Gasteiger partial charge is 0.251 e. The fourth-order valence-corrected chi connectivity index (χ4v) is 5.17. The van der Waals surface area contributed by atoms with Crippen molar-refractivity contribution >= 4 is 29.2 Å². The molecule has 9 heteroatoms. The number of rotatable bonds is 10. The minimum atomic E-state index is -0.0414. The maximum Gasteiger partial charge on any atom is 0.251 e. The van der Waals surface area contributed by atoms with Crippen molar-refractivity contribution in [2.75, 3.05) is 70.3 Å². The van der Waals surface area contributed by atoms with Gasteiger partial charge in [-0.25, -0.2) is 9.97 Å².